The van der Waals surface area contributed by atoms with Gasteiger partial charge in [0.05, 0.1) is 7.11 Å². The van der Waals surface area contributed by atoms with E-state index in [2.05, 4.69) is 5.43 Å². The molecule has 0 spiro atoms. The summed E-state index contributed by atoms with van der Waals surface area (Å²) in [5.74, 6) is 6.26. The van der Waals surface area contributed by atoms with E-state index in [1.165, 1.54) is 0 Å². The van der Waals surface area contributed by atoms with Gasteiger partial charge in [-0.05, 0) is 6.07 Å². The van der Waals surface area contributed by atoms with Crippen molar-refractivity contribution in [3.63, 3.8) is 0 Å². The smallest absolute Gasteiger partial charge is 0.177 e. The fourth-order valence-electron chi connectivity index (χ4n) is 1.61. The van der Waals surface area contributed by atoms with Crippen LogP contribution in [0.1, 0.15) is 11.6 Å². The predicted molar refractivity (Wildman–Crippen MR) is 60.9 cm³/mol. The zero-order chi connectivity index (χ0) is 12.0. The maximum Gasteiger partial charge on any atom is 0.177 e. The third kappa shape index (κ3) is 2.70. The number of ether oxygens (including phenoxy) is 3. The molecular weight excluding hydrogens is 208 g/mol. The summed E-state index contributed by atoms with van der Waals surface area (Å²) in [6.07, 6.45) is -0.471. The highest BCUT2D eigenvalue weighted by Crippen LogP contribution is 2.27. The van der Waals surface area contributed by atoms with Gasteiger partial charge in [-0.3, -0.25) is 5.84 Å². The van der Waals surface area contributed by atoms with E-state index < -0.39 is 6.29 Å². The molecule has 1 rings (SSSR count). The first-order valence-electron chi connectivity index (χ1n) is 4.93. The quantitative estimate of drug-likeness (QED) is 0.427. The molecule has 0 bridgehead atoms. The van der Waals surface area contributed by atoms with Gasteiger partial charge in [0, 0.05) is 19.8 Å². The summed E-state index contributed by atoms with van der Waals surface area (Å²) < 4.78 is 15.6. The summed E-state index contributed by atoms with van der Waals surface area (Å²) in [4.78, 5) is 0. The Balaban J connectivity index is 3.02. The molecule has 0 aliphatic heterocycles. The Labute approximate surface area is 95.5 Å². The summed E-state index contributed by atoms with van der Waals surface area (Å²) in [5.41, 5.74) is 3.56. The third-order valence-electron chi connectivity index (χ3n) is 2.39. The topological polar surface area (TPSA) is 65.7 Å². The summed E-state index contributed by atoms with van der Waals surface area (Å²) in [6.45, 7) is 0. The van der Waals surface area contributed by atoms with Crippen LogP contribution in [-0.4, -0.2) is 27.6 Å². The van der Waals surface area contributed by atoms with E-state index in [0.717, 1.165) is 11.3 Å². The van der Waals surface area contributed by atoms with Gasteiger partial charge in [-0.15, -0.1) is 0 Å². The van der Waals surface area contributed by atoms with Gasteiger partial charge < -0.3 is 14.2 Å². The van der Waals surface area contributed by atoms with Crippen molar-refractivity contribution in [3.05, 3.63) is 29.8 Å². The molecule has 0 fully saturated rings. The molecule has 0 amide bonds. The fraction of sp³-hybridized carbons (Fsp3) is 0.455. The third-order valence-corrected chi connectivity index (χ3v) is 2.39. The van der Waals surface area contributed by atoms with Crippen molar-refractivity contribution in [1.29, 1.82) is 0 Å². The second kappa shape index (κ2) is 6.44. The summed E-state index contributed by atoms with van der Waals surface area (Å²) in [5, 5.41) is 0. The van der Waals surface area contributed by atoms with Gasteiger partial charge in [0.15, 0.2) is 6.29 Å². The lowest BCUT2D eigenvalue weighted by Gasteiger charge is -2.25. The van der Waals surface area contributed by atoms with E-state index in [9.17, 15) is 0 Å². The number of hydrogen-bond acceptors (Lipinski definition) is 5. The first kappa shape index (κ1) is 12.9. The van der Waals surface area contributed by atoms with Gasteiger partial charge in [0.1, 0.15) is 11.8 Å². The molecule has 0 heterocycles. The average molecular weight is 226 g/mol. The Hall–Kier alpha value is -1.14. The molecule has 5 nitrogen and oxygen atoms in total. The minimum Gasteiger partial charge on any atom is -0.496 e. The van der Waals surface area contributed by atoms with Crippen LogP contribution in [0.3, 0.4) is 0 Å². The van der Waals surface area contributed by atoms with E-state index in [1.54, 1.807) is 21.3 Å². The highest BCUT2D eigenvalue weighted by atomic mass is 16.7. The van der Waals surface area contributed by atoms with Crippen LogP contribution in [0.25, 0.3) is 0 Å². The lowest BCUT2D eigenvalue weighted by Crippen LogP contribution is -2.38. The molecule has 1 atom stereocenters. The van der Waals surface area contributed by atoms with Crippen LogP contribution in [0.4, 0.5) is 0 Å². The van der Waals surface area contributed by atoms with Crippen LogP contribution in [0.15, 0.2) is 24.3 Å². The summed E-state index contributed by atoms with van der Waals surface area (Å²) >= 11 is 0. The SMILES string of the molecule is COc1ccccc1C(NN)C(OC)OC. The molecule has 1 aromatic carbocycles. The molecule has 0 radical (unpaired) electrons. The predicted octanol–water partition coefficient (Wildman–Crippen LogP) is 0.819. The van der Waals surface area contributed by atoms with Crippen LogP contribution < -0.4 is 16.0 Å². The highest BCUT2D eigenvalue weighted by Gasteiger charge is 2.24. The monoisotopic (exact) mass is 226 g/mol. The molecule has 5 heteroatoms. The zero-order valence-electron chi connectivity index (χ0n) is 9.77. The first-order chi connectivity index (χ1) is 7.78. The number of hydrogen-bond donors (Lipinski definition) is 2. The normalized spacial score (nSPS) is 12.8. The Morgan fingerprint density at radius 1 is 1.12 bits per heavy atom. The number of hydrazine groups is 1. The number of benzene rings is 1. The van der Waals surface area contributed by atoms with Crippen molar-refractivity contribution in [2.45, 2.75) is 12.3 Å². The van der Waals surface area contributed by atoms with E-state index in [4.69, 9.17) is 20.1 Å². The lowest BCUT2D eigenvalue weighted by atomic mass is 10.1. The Bertz CT molecular complexity index is 316. The van der Waals surface area contributed by atoms with Crippen LogP contribution in [0.5, 0.6) is 5.75 Å². The molecule has 0 aliphatic carbocycles. The molecule has 0 saturated carbocycles. The molecule has 90 valence electrons. The second-order valence-corrected chi connectivity index (χ2v) is 3.23. The lowest BCUT2D eigenvalue weighted by molar-refractivity contribution is -0.124. The van der Waals surface area contributed by atoms with E-state index in [0.29, 0.717) is 0 Å². The second-order valence-electron chi connectivity index (χ2n) is 3.23. The van der Waals surface area contributed by atoms with Crippen molar-refractivity contribution in [1.82, 2.24) is 5.43 Å². The van der Waals surface area contributed by atoms with Gasteiger partial charge in [0.2, 0.25) is 0 Å². The van der Waals surface area contributed by atoms with Gasteiger partial charge in [0.25, 0.3) is 0 Å². The van der Waals surface area contributed by atoms with E-state index >= 15 is 0 Å². The van der Waals surface area contributed by atoms with Crippen LogP contribution in [0, 0.1) is 0 Å². The molecule has 0 aliphatic rings. The van der Waals surface area contributed by atoms with Crippen molar-refractivity contribution in [2.75, 3.05) is 21.3 Å². The molecular formula is C11H18N2O3. The number of methoxy groups -OCH3 is 3. The molecule has 3 N–H and O–H groups in total. The van der Waals surface area contributed by atoms with E-state index in [1.807, 2.05) is 24.3 Å². The molecule has 16 heavy (non-hydrogen) atoms. The van der Waals surface area contributed by atoms with Crippen LogP contribution in [0.2, 0.25) is 0 Å². The van der Waals surface area contributed by atoms with Gasteiger partial charge in [-0.25, -0.2) is 5.43 Å². The van der Waals surface area contributed by atoms with Crippen molar-refractivity contribution in [3.8, 4) is 5.75 Å². The van der Waals surface area contributed by atoms with Crippen LogP contribution in [-0.2, 0) is 9.47 Å². The highest BCUT2D eigenvalue weighted by molar-refractivity contribution is 5.36. The molecule has 1 unspecified atom stereocenters. The first-order valence-corrected chi connectivity index (χ1v) is 4.93. The zero-order valence-corrected chi connectivity index (χ0v) is 9.77. The van der Waals surface area contributed by atoms with Crippen molar-refractivity contribution < 1.29 is 14.2 Å². The average Bonchev–Trinajstić information content (AvgIpc) is 2.35. The van der Waals surface area contributed by atoms with Gasteiger partial charge in [-0.2, -0.15) is 0 Å². The molecule has 0 aromatic heterocycles. The van der Waals surface area contributed by atoms with Gasteiger partial charge in [-0.1, -0.05) is 18.2 Å². The number of para-hydroxylation sites is 1. The Kier molecular flexibility index (Phi) is 5.21. The number of nitrogens with two attached hydrogens (primary N) is 1. The summed E-state index contributed by atoms with van der Waals surface area (Å²) in [7, 11) is 4.74. The van der Waals surface area contributed by atoms with Crippen LogP contribution >= 0.6 is 0 Å². The maximum absolute atomic E-state index is 5.51. The minimum atomic E-state index is -0.471. The fourth-order valence-corrected chi connectivity index (χ4v) is 1.61. The van der Waals surface area contributed by atoms with E-state index in [-0.39, 0.29) is 6.04 Å². The van der Waals surface area contributed by atoms with Crippen molar-refractivity contribution >= 4 is 0 Å². The largest absolute Gasteiger partial charge is 0.496 e. The van der Waals surface area contributed by atoms with Gasteiger partial charge >= 0.3 is 0 Å². The molecule has 0 saturated heterocycles. The Morgan fingerprint density at radius 2 is 1.75 bits per heavy atom. The summed E-state index contributed by atoms with van der Waals surface area (Å²) in [6, 6.07) is 7.29. The standard InChI is InChI=1S/C11H18N2O3/c1-14-9-7-5-4-6-8(9)10(13-12)11(15-2)16-3/h4-7,10-11,13H,12H2,1-3H3. The Morgan fingerprint density at radius 3 is 2.25 bits per heavy atom. The number of rotatable bonds is 6. The maximum atomic E-state index is 5.51. The minimum absolute atomic E-state index is 0.286. The van der Waals surface area contributed by atoms with Crippen molar-refractivity contribution in [2.24, 2.45) is 5.84 Å². The molecule has 1 aromatic rings. The number of nitrogens with one attached hydrogen (secondary N) is 1.